The Morgan fingerprint density at radius 2 is 1.90 bits per heavy atom. The quantitative estimate of drug-likeness (QED) is 0.742. The van der Waals surface area contributed by atoms with Crippen LogP contribution in [-0.4, -0.2) is 42.2 Å². The maximum Gasteiger partial charge on any atom is 0.227 e. The number of anilines is 2. The zero-order chi connectivity index (χ0) is 21.6. The highest BCUT2D eigenvalue weighted by Crippen LogP contribution is 2.34. The third-order valence-corrected chi connectivity index (χ3v) is 7.04. The normalized spacial score (nSPS) is 16.7. The number of pyridine rings is 1. The van der Waals surface area contributed by atoms with Gasteiger partial charge in [0.1, 0.15) is 5.82 Å². The molecule has 164 valence electrons. The Morgan fingerprint density at radius 1 is 1.10 bits per heavy atom. The maximum absolute atomic E-state index is 12.7. The van der Waals surface area contributed by atoms with Gasteiger partial charge in [-0.15, -0.1) is 11.8 Å². The minimum Gasteiger partial charge on any atom is -0.357 e. The van der Waals surface area contributed by atoms with Crippen LogP contribution in [0.15, 0.2) is 47.5 Å². The summed E-state index contributed by atoms with van der Waals surface area (Å²) in [7, 11) is 0. The van der Waals surface area contributed by atoms with Crippen molar-refractivity contribution in [2.45, 2.75) is 44.0 Å². The summed E-state index contributed by atoms with van der Waals surface area (Å²) in [6.07, 6.45) is 4.67. The summed E-state index contributed by atoms with van der Waals surface area (Å²) in [5.41, 5.74) is 1.93. The number of para-hydroxylation sites is 1. The second-order valence-corrected chi connectivity index (χ2v) is 9.47. The number of thioether (sulfide) groups is 1. The van der Waals surface area contributed by atoms with Gasteiger partial charge in [0.05, 0.1) is 5.69 Å². The van der Waals surface area contributed by atoms with E-state index in [1.807, 2.05) is 47.5 Å². The Kier molecular flexibility index (Phi) is 7.12. The fourth-order valence-electron chi connectivity index (χ4n) is 4.02. The Balaban J connectivity index is 1.22. The Hall–Kier alpha value is -2.54. The van der Waals surface area contributed by atoms with E-state index in [9.17, 15) is 9.59 Å². The topological polar surface area (TPSA) is 65.5 Å². The van der Waals surface area contributed by atoms with Crippen LogP contribution >= 0.6 is 11.8 Å². The van der Waals surface area contributed by atoms with Gasteiger partial charge < -0.3 is 15.1 Å². The molecular formula is C24H30N4O2S. The van der Waals surface area contributed by atoms with E-state index in [1.165, 1.54) is 12.8 Å². The molecular weight excluding hydrogens is 408 g/mol. The summed E-state index contributed by atoms with van der Waals surface area (Å²) < 4.78 is 0. The van der Waals surface area contributed by atoms with Gasteiger partial charge in [0.15, 0.2) is 0 Å². The first-order valence-corrected chi connectivity index (χ1v) is 12.1. The summed E-state index contributed by atoms with van der Waals surface area (Å²) in [4.78, 5) is 34.8. The van der Waals surface area contributed by atoms with E-state index in [2.05, 4.69) is 22.1 Å². The number of hydrogen-bond acceptors (Lipinski definition) is 5. The summed E-state index contributed by atoms with van der Waals surface area (Å²) in [5, 5.41) is 2.91. The van der Waals surface area contributed by atoms with Crippen LogP contribution in [-0.2, 0) is 16.1 Å². The summed E-state index contributed by atoms with van der Waals surface area (Å²) >= 11 is 1.77. The second kappa shape index (κ2) is 10.2. The minimum atomic E-state index is -0.109. The van der Waals surface area contributed by atoms with Crippen molar-refractivity contribution in [3.05, 3.63) is 48.2 Å². The molecule has 0 unspecified atom stereocenters. The van der Waals surface area contributed by atoms with E-state index in [0.29, 0.717) is 13.1 Å². The van der Waals surface area contributed by atoms with E-state index in [0.717, 1.165) is 46.7 Å². The first-order chi connectivity index (χ1) is 15.1. The van der Waals surface area contributed by atoms with Gasteiger partial charge in [0.25, 0.3) is 0 Å². The lowest BCUT2D eigenvalue weighted by Gasteiger charge is -2.31. The molecule has 2 amide bonds. The van der Waals surface area contributed by atoms with Gasteiger partial charge in [-0.25, -0.2) is 4.98 Å². The van der Waals surface area contributed by atoms with Crippen molar-refractivity contribution in [2.75, 3.05) is 35.2 Å². The van der Waals surface area contributed by atoms with Crippen molar-refractivity contribution < 1.29 is 9.59 Å². The van der Waals surface area contributed by atoms with Crippen LogP contribution in [0.5, 0.6) is 0 Å². The highest BCUT2D eigenvalue weighted by molar-refractivity contribution is 7.99. The number of rotatable bonds is 6. The van der Waals surface area contributed by atoms with Crippen molar-refractivity contribution in [2.24, 2.45) is 5.92 Å². The molecule has 0 saturated carbocycles. The van der Waals surface area contributed by atoms with Gasteiger partial charge >= 0.3 is 0 Å². The van der Waals surface area contributed by atoms with Crippen LogP contribution < -0.4 is 15.1 Å². The van der Waals surface area contributed by atoms with E-state index in [1.54, 1.807) is 11.8 Å². The highest BCUT2D eigenvalue weighted by atomic mass is 32.2. The van der Waals surface area contributed by atoms with E-state index in [4.69, 9.17) is 0 Å². The molecule has 1 saturated heterocycles. The molecule has 1 fully saturated rings. The number of carbonyl (C=O) groups excluding carboxylic acids is 2. The average molecular weight is 439 g/mol. The molecule has 7 heteroatoms. The zero-order valence-corrected chi connectivity index (χ0v) is 18.9. The van der Waals surface area contributed by atoms with Gasteiger partial charge in [-0.05, 0) is 42.5 Å². The van der Waals surface area contributed by atoms with Crippen LogP contribution in [0.1, 0.15) is 38.2 Å². The minimum absolute atomic E-state index is 0.00442. The fourth-order valence-corrected chi connectivity index (χ4v) is 5.01. The van der Waals surface area contributed by atoms with Crippen LogP contribution in [0, 0.1) is 5.92 Å². The lowest BCUT2D eigenvalue weighted by Crippen LogP contribution is -2.36. The van der Waals surface area contributed by atoms with Crippen LogP contribution in [0.25, 0.3) is 0 Å². The van der Waals surface area contributed by atoms with Crippen molar-refractivity contribution in [1.29, 1.82) is 0 Å². The van der Waals surface area contributed by atoms with E-state index >= 15 is 0 Å². The van der Waals surface area contributed by atoms with Gasteiger partial charge in [0.2, 0.25) is 11.8 Å². The molecule has 3 heterocycles. The zero-order valence-electron chi connectivity index (χ0n) is 18.0. The molecule has 0 aliphatic carbocycles. The molecule has 1 aromatic heterocycles. The molecule has 0 radical (unpaired) electrons. The molecule has 31 heavy (non-hydrogen) atoms. The van der Waals surface area contributed by atoms with Crippen molar-refractivity contribution in [3.8, 4) is 0 Å². The molecule has 1 N–H and O–H groups in total. The van der Waals surface area contributed by atoms with Crippen LogP contribution in [0.3, 0.4) is 0 Å². The first-order valence-electron chi connectivity index (χ1n) is 11.1. The summed E-state index contributed by atoms with van der Waals surface area (Å²) in [5.74, 6) is 2.58. The maximum atomic E-state index is 12.7. The predicted molar refractivity (Wildman–Crippen MR) is 125 cm³/mol. The number of nitrogens with zero attached hydrogens (tertiary/aromatic N) is 3. The fraction of sp³-hybridized carbons (Fsp3) is 0.458. The molecule has 2 aromatic rings. The highest BCUT2D eigenvalue weighted by Gasteiger charge is 2.23. The molecule has 1 aromatic carbocycles. The number of benzene rings is 1. The standard InChI is InChI=1S/C24H30N4O2S/c1-18-10-12-27(13-11-18)22-7-6-19(16-25-22)17-26-23(29)8-9-24(30)28-14-15-31-21-5-3-2-4-20(21)28/h2-7,16,18H,8-15,17H2,1H3,(H,26,29). The SMILES string of the molecule is CC1CCN(c2ccc(CNC(=O)CCC(=O)N3CCSc4ccccc43)cn2)CC1. The molecule has 0 bridgehead atoms. The summed E-state index contributed by atoms with van der Waals surface area (Å²) in [6, 6.07) is 12.0. The smallest absolute Gasteiger partial charge is 0.227 e. The third kappa shape index (κ3) is 5.58. The molecule has 2 aliphatic heterocycles. The predicted octanol–water partition coefficient (Wildman–Crippen LogP) is 3.85. The second-order valence-electron chi connectivity index (χ2n) is 8.33. The molecule has 2 aliphatic rings. The van der Waals surface area contributed by atoms with E-state index < -0.39 is 0 Å². The van der Waals surface area contributed by atoms with Crippen molar-refractivity contribution >= 4 is 35.1 Å². The summed E-state index contributed by atoms with van der Waals surface area (Å²) in [6.45, 7) is 5.53. The van der Waals surface area contributed by atoms with Gasteiger partial charge in [-0.3, -0.25) is 9.59 Å². The molecule has 0 spiro atoms. The first kappa shape index (κ1) is 21.7. The Bertz CT molecular complexity index is 910. The number of carbonyl (C=O) groups is 2. The molecule has 0 atom stereocenters. The lowest BCUT2D eigenvalue weighted by atomic mass is 9.99. The monoisotopic (exact) mass is 438 g/mol. The number of nitrogens with one attached hydrogen (secondary N) is 1. The lowest BCUT2D eigenvalue weighted by molar-refractivity contribution is -0.125. The van der Waals surface area contributed by atoms with Gasteiger partial charge in [0, 0.05) is 55.9 Å². The molecule has 6 nitrogen and oxygen atoms in total. The van der Waals surface area contributed by atoms with Crippen molar-refractivity contribution in [1.82, 2.24) is 10.3 Å². The van der Waals surface area contributed by atoms with Crippen LogP contribution in [0.2, 0.25) is 0 Å². The van der Waals surface area contributed by atoms with Gasteiger partial charge in [-0.2, -0.15) is 0 Å². The number of hydrogen-bond donors (Lipinski definition) is 1. The third-order valence-electron chi connectivity index (χ3n) is 6.00. The number of piperidine rings is 1. The van der Waals surface area contributed by atoms with Crippen molar-refractivity contribution in [3.63, 3.8) is 0 Å². The average Bonchev–Trinajstić information content (AvgIpc) is 2.81. The number of fused-ring (bicyclic) bond motifs is 1. The number of aromatic nitrogens is 1. The Morgan fingerprint density at radius 3 is 2.68 bits per heavy atom. The number of amides is 2. The van der Waals surface area contributed by atoms with Gasteiger partial charge in [-0.1, -0.05) is 25.1 Å². The van der Waals surface area contributed by atoms with Crippen LogP contribution in [0.4, 0.5) is 11.5 Å². The van der Waals surface area contributed by atoms with E-state index in [-0.39, 0.29) is 24.7 Å². The largest absolute Gasteiger partial charge is 0.357 e. The molecule has 4 rings (SSSR count). The Labute approximate surface area is 188 Å².